The van der Waals surface area contributed by atoms with E-state index in [4.69, 9.17) is 15.0 Å². The molecule has 0 saturated carbocycles. The SMILES string of the molecule is CCc1c(N)noc1-c1ccncc1OC. The van der Waals surface area contributed by atoms with Crippen LogP contribution in [0.2, 0.25) is 0 Å². The summed E-state index contributed by atoms with van der Waals surface area (Å²) in [5, 5.41) is 3.77. The van der Waals surface area contributed by atoms with Gasteiger partial charge < -0.3 is 15.0 Å². The van der Waals surface area contributed by atoms with Crippen LogP contribution in [0.15, 0.2) is 23.0 Å². The molecular formula is C11H13N3O2. The van der Waals surface area contributed by atoms with Crippen molar-refractivity contribution in [2.45, 2.75) is 13.3 Å². The quantitative estimate of drug-likeness (QED) is 0.853. The largest absolute Gasteiger partial charge is 0.494 e. The number of nitrogens with two attached hydrogens (primary N) is 1. The highest BCUT2D eigenvalue weighted by Gasteiger charge is 2.17. The summed E-state index contributed by atoms with van der Waals surface area (Å²) in [6.07, 6.45) is 4.07. The van der Waals surface area contributed by atoms with Gasteiger partial charge in [0, 0.05) is 11.8 Å². The third-order valence-corrected chi connectivity index (χ3v) is 2.42. The highest BCUT2D eigenvalue weighted by atomic mass is 16.5. The van der Waals surface area contributed by atoms with Crippen molar-refractivity contribution in [2.75, 3.05) is 12.8 Å². The van der Waals surface area contributed by atoms with Crippen LogP contribution in [0, 0.1) is 0 Å². The Morgan fingerprint density at radius 1 is 1.50 bits per heavy atom. The second-order valence-electron chi connectivity index (χ2n) is 3.31. The molecule has 2 aromatic rings. The van der Waals surface area contributed by atoms with Crippen LogP contribution >= 0.6 is 0 Å². The highest BCUT2D eigenvalue weighted by Crippen LogP contribution is 2.33. The van der Waals surface area contributed by atoms with Crippen molar-refractivity contribution >= 4 is 5.82 Å². The van der Waals surface area contributed by atoms with Crippen LogP contribution in [0.1, 0.15) is 12.5 Å². The van der Waals surface area contributed by atoms with Crippen molar-refractivity contribution in [3.63, 3.8) is 0 Å². The zero-order chi connectivity index (χ0) is 11.5. The van der Waals surface area contributed by atoms with Crippen LogP contribution in [-0.2, 0) is 6.42 Å². The zero-order valence-corrected chi connectivity index (χ0v) is 9.23. The minimum atomic E-state index is 0.427. The fraction of sp³-hybridized carbons (Fsp3) is 0.273. The molecule has 0 aromatic carbocycles. The summed E-state index contributed by atoms with van der Waals surface area (Å²) in [4.78, 5) is 3.99. The van der Waals surface area contributed by atoms with Gasteiger partial charge in [0.2, 0.25) is 0 Å². The lowest BCUT2D eigenvalue weighted by Gasteiger charge is -2.05. The second kappa shape index (κ2) is 4.22. The van der Waals surface area contributed by atoms with E-state index in [9.17, 15) is 0 Å². The normalized spacial score (nSPS) is 10.4. The number of rotatable bonds is 3. The highest BCUT2D eigenvalue weighted by molar-refractivity contribution is 5.71. The number of methoxy groups -OCH3 is 1. The Balaban J connectivity index is 2.58. The van der Waals surface area contributed by atoms with Gasteiger partial charge in [0.1, 0.15) is 5.75 Å². The lowest BCUT2D eigenvalue weighted by Crippen LogP contribution is -1.93. The molecule has 0 spiro atoms. The summed E-state index contributed by atoms with van der Waals surface area (Å²) < 4.78 is 10.4. The predicted octanol–water partition coefficient (Wildman–Crippen LogP) is 1.89. The fourth-order valence-corrected chi connectivity index (χ4v) is 1.60. The van der Waals surface area contributed by atoms with Gasteiger partial charge in [0.25, 0.3) is 0 Å². The van der Waals surface area contributed by atoms with Crippen LogP contribution in [0.25, 0.3) is 11.3 Å². The number of nitrogen functional groups attached to an aromatic ring is 1. The third-order valence-electron chi connectivity index (χ3n) is 2.42. The average molecular weight is 219 g/mol. The maximum absolute atomic E-state index is 5.72. The van der Waals surface area contributed by atoms with Crippen molar-refractivity contribution in [2.24, 2.45) is 0 Å². The second-order valence-corrected chi connectivity index (χ2v) is 3.31. The molecule has 0 bridgehead atoms. The van der Waals surface area contributed by atoms with Gasteiger partial charge in [-0.2, -0.15) is 0 Å². The monoisotopic (exact) mass is 219 g/mol. The molecule has 0 aliphatic heterocycles. The minimum absolute atomic E-state index is 0.427. The lowest BCUT2D eigenvalue weighted by atomic mass is 10.1. The molecule has 0 aliphatic carbocycles. The topological polar surface area (TPSA) is 74.2 Å². The molecule has 0 unspecified atom stereocenters. The van der Waals surface area contributed by atoms with Crippen molar-refractivity contribution < 1.29 is 9.26 Å². The Morgan fingerprint density at radius 3 is 3.00 bits per heavy atom. The maximum Gasteiger partial charge on any atom is 0.176 e. The van der Waals surface area contributed by atoms with Crippen molar-refractivity contribution in [1.82, 2.24) is 10.1 Å². The number of nitrogens with zero attached hydrogens (tertiary/aromatic N) is 2. The maximum atomic E-state index is 5.72. The van der Waals surface area contributed by atoms with E-state index in [2.05, 4.69) is 10.1 Å². The first-order valence-corrected chi connectivity index (χ1v) is 5.00. The van der Waals surface area contributed by atoms with E-state index < -0.39 is 0 Å². The number of ether oxygens (including phenoxy) is 1. The smallest absolute Gasteiger partial charge is 0.176 e. The Labute approximate surface area is 93.2 Å². The standard InChI is InChI=1S/C11H13N3O2/c1-3-7-10(16-14-11(7)12)8-4-5-13-6-9(8)15-2/h4-6H,3H2,1-2H3,(H2,12,14). The number of anilines is 1. The average Bonchev–Trinajstić information content (AvgIpc) is 2.70. The van der Waals surface area contributed by atoms with E-state index in [1.165, 1.54) is 0 Å². The van der Waals surface area contributed by atoms with Gasteiger partial charge in [-0.3, -0.25) is 4.98 Å². The van der Waals surface area contributed by atoms with Crippen molar-refractivity contribution in [3.05, 3.63) is 24.0 Å². The predicted molar refractivity (Wildman–Crippen MR) is 60.1 cm³/mol. The molecule has 2 N–H and O–H groups in total. The lowest BCUT2D eigenvalue weighted by molar-refractivity contribution is 0.405. The van der Waals surface area contributed by atoms with E-state index in [1.54, 1.807) is 19.5 Å². The Kier molecular flexibility index (Phi) is 2.76. The summed E-state index contributed by atoms with van der Waals surface area (Å²) >= 11 is 0. The summed E-state index contributed by atoms with van der Waals surface area (Å²) in [5.41, 5.74) is 7.43. The molecule has 2 aromatic heterocycles. The van der Waals surface area contributed by atoms with Crippen molar-refractivity contribution in [1.29, 1.82) is 0 Å². The molecule has 0 fully saturated rings. The molecule has 0 saturated heterocycles. The number of aromatic nitrogens is 2. The first kappa shape index (κ1) is 10.5. The zero-order valence-electron chi connectivity index (χ0n) is 9.23. The molecule has 0 amide bonds. The van der Waals surface area contributed by atoms with Crippen LogP contribution in [0.3, 0.4) is 0 Å². The van der Waals surface area contributed by atoms with E-state index in [0.29, 0.717) is 17.3 Å². The van der Waals surface area contributed by atoms with E-state index >= 15 is 0 Å². The number of hydrogen-bond acceptors (Lipinski definition) is 5. The minimum Gasteiger partial charge on any atom is -0.494 e. The molecule has 5 nitrogen and oxygen atoms in total. The summed E-state index contributed by atoms with van der Waals surface area (Å²) in [7, 11) is 1.59. The number of hydrogen-bond donors (Lipinski definition) is 1. The van der Waals surface area contributed by atoms with Gasteiger partial charge >= 0.3 is 0 Å². The van der Waals surface area contributed by atoms with Gasteiger partial charge in [-0.05, 0) is 12.5 Å². The van der Waals surface area contributed by atoms with Crippen LogP contribution in [-0.4, -0.2) is 17.3 Å². The molecule has 16 heavy (non-hydrogen) atoms. The molecule has 0 atom stereocenters. The van der Waals surface area contributed by atoms with Gasteiger partial charge in [-0.1, -0.05) is 12.1 Å². The van der Waals surface area contributed by atoms with Crippen LogP contribution < -0.4 is 10.5 Å². The molecule has 0 radical (unpaired) electrons. The molecule has 0 aliphatic rings. The van der Waals surface area contributed by atoms with E-state index in [1.807, 2.05) is 13.0 Å². The molecule has 2 rings (SSSR count). The summed E-state index contributed by atoms with van der Waals surface area (Å²) in [6, 6.07) is 1.82. The van der Waals surface area contributed by atoms with Gasteiger partial charge in [0.05, 0.1) is 18.9 Å². The third kappa shape index (κ3) is 1.60. The van der Waals surface area contributed by atoms with Gasteiger partial charge in [-0.25, -0.2) is 0 Å². The number of pyridine rings is 1. The summed E-state index contributed by atoms with van der Waals surface area (Å²) in [6.45, 7) is 2.00. The Hall–Kier alpha value is -2.04. The molecule has 2 heterocycles. The van der Waals surface area contributed by atoms with Crippen LogP contribution in [0.4, 0.5) is 5.82 Å². The van der Waals surface area contributed by atoms with E-state index in [-0.39, 0.29) is 0 Å². The van der Waals surface area contributed by atoms with E-state index in [0.717, 1.165) is 17.5 Å². The van der Waals surface area contributed by atoms with Gasteiger partial charge in [-0.15, -0.1) is 0 Å². The Morgan fingerprint density at radius 2 is 2.31 bits per heavy atom. The summed E-state index contributed by atoms with van der Waals surface area (Å²) in [5.74, 6) is 1.73. The van der Waals surface area contributed by atoms with Crippen molar-refractivity contribution in [3.8, 4) is 17.1 Å². The fourth-order valence-electron chi connectivity index (χ4n) is 1.60. The Bertz CT molecular complexity index is 494. The molecule has 84 valence electrons. The first-order chi connectivity index (χ1) is 7.77. The molecule has 5 heteroatoms. The molecular weight excluding hydrogens is 206 g/mol. The van der Waals surface area contributed by atoms with Crippen LogP contribution in [0.5, 0.6) is 5.75 Å². The van der Waals surface area contributed by atoms with Gasteiger partial charge in [0.15, 0.2) is 11.6 Å². The first-order valence-electron chi connectivity index (χ1n) is 5.00.